The lowest BCUT2D eigenvalue weighted by atomic mass is 10.0. The third kappa shape index (κ3) is 4.23. The van der Waals surface area contributed by atoms with Crippen molar-refractivity contribution in [3.05, 3.63) is 29.8 Å². The van der Waals surface area contributed by atoms with Crippen LogP contribution in [0.2, 0.25) is 0 Å². The molecular formula is C14H22O2. The van der Waals surface area contributed by atoms with Gasteiger partial charge >= 0.3 is 0 Å². The van der Waals surface area contributed by atoms with E-state index >= 15 is 0 Å². The second-order valence-electron chi connectivity index (χ2n) is 4.74. The number of rotatable bonds is 5. The summed E-state index contributed by atoms with van der Waals surface area (Å²) in [6.45, 7) is 8.09. The number of ether oxygens (including phenoxy) is 1. The molecule has 1 aromatic rings. The van der Waals surface area contributed by atoms with Crippen LogP contribution in [0.25, 0.3) is 0 Å². The molecule has 2 nitrogen and oxygen atoms in total. The molecule has 1 rings (SSSR count). The fourth-order valence-corrected chi connectivity index (χ4v) is 1.71. The predicted octanol–water partition coefficient (Wildman–Crippen LogP) is 3.35. The fourth-order valence-electron chi connectivity index (χ4n) is 1.71. The Labute approximate surface area is 98.3 Å². The molecule has 90 valence electrons. The van der Waals surface area contributed by atoms with Crippen molar-refractivity contribution in [3.63, 3.8) is 0 Å². The van der Waals surface area contributed by atoms with Crippen molar-refractivity contribution in [1.82, 2.24) is 0 Å². The topological polar surface area (TPSA) is 29.5 Å². The zero-order valence-corrected chi connectivity index (χ0v) is 10.6. The molecular weight excluding hydrogens is 200 g/mol. The number of benzene rings is 1. The molecule has 0 fully saturated rings. The number of aliphatic hydroxyl groups is 1. The molecule has 0 amide bonds. The van der Waals surface area contributed by atoms with E-state index in [-0.39, 0.29) is 12.2 Å². The molecule has 0 bridgehead atoms. The van der Waals surface area contributed by atoms with E-state index in [1.165, 1.54) is 5.56 Å². The highest BCUT2D eigenvalue weighted by Gasteiger charge is 2.08. The van der Waals surface area contributed by atoms with Crippen LogP contribution in [0.1, 0.15) is 45.6 Å². The quantitative estimate of drug-likeness (QED) is 0.828. The van der Waals surface area contributed by atoms with Gasteiger partial charge in [0.1, 0.15) is 5.75 Å². The van der Waals surface area contributed by atoms with E-state index in [1.54, 1.807) is 6.92 Å². The van der Waals surface area contributed by atoms with Crippen molar-refractivity contribution in [3.8, 4) is 5.75 Å². The van der Waals surface area contributed by atoms with Crippen molar-refractivity contribution in [2.45, 2.75) is 52.2 Å². The van der Waals surface area contributed by atoms with Crippen molar-refractivity contribution in [2.75, 3.05) is 0 Å². The first kappa shape index (κ1) is 13.0. The lowest BCUT2D eigenvalue weighted by Crippen LogP contribution is -2.18. The normalized spacial score (nSPS) is 14.9. The van der Waals surface area contributed by atoms with E-state index in [2.05, 4.69) is 26.0 Å². The minimum atomic E-state index is -0.316. The van der Waals surface area contributed by atoms with Crippen LogP contribution in [0.5, 0.6) is 5.75 Å². The van der Waals surface area contributed by atoms with Crippen LogP contribution in [0.3, 0.4) is 0 Å². The Morgan fingerprint density at radius 1 is 1.19 bits per heavy atom. The molecule has 1 aromatic carbocycles. The molecule has 0 saturated carbocycles. The van der Waals surface area contributed by atoms with Crippen LogP contribution in [-0.2, 0) is 0 Å². The summed E-state index contributed by atoms with van der Waals surface area (Å²) in [6, 6.07) is 8.16. The zero-order valence-electron chi connectivity index (χ0n) is 10.6. The standard InChI is InChI=1S/C14H22O2/c1-10(2)13-6-5-7-14(9-13)16-12(4)8-11(3)15/h5-7,9-12,15H,8H2,1-4H3. The first-order valence-electron chi connectivity index (χ1n) is 5.93. The first-order chi connectivity index (χ1) is 7.49. The molecule has 2 atom stereocenters. The van der Waals surface area contributed by atoms with Gasteiger partial charge in [0.25, 0.3) is 0 Å². The highest BCUT2D eigenvalue weighted by atomic mass is 16.5. The van der Waals surface area contributed by atoms with Gasteiger partial charge in [-0.05, 0) is 37.5 Å². The Kier molecular flexibility index (Phi) is 4.81. The average molecular weight is 222 g/mol. The van der Waals surface area contributed by atoms with Crippen molar-refractivity contribution in [1.29, 1.82) is 0 Å². The van der Waals surface area contributed by atoms with Gasteiger partial charge in [-0.2, -0.15) is 0 Å². The summed E-state index contributed by atoms with van der Waals surface area (Å²) in [5.74, 6) is 1.40. The van der Waals surface area contributed by atoms with Crippen LogP contribution in [-0.4, -0.2) is 17.3 Å². The van der Waals surface area contributed by atoms with Crippen molar-refractivity contribution in [2.24, 2.45) is 0 Å². The van der Waals surface area contributed by atoms with Gasteiger partial charge in [0.2, 0.25) is 0 Å². The SMILES string of the molecule is CC(O)CC(C)Oc1cccc(C(C)C)c1. The molecule has 0 saturated heterocycles. The summed E-state index contributed by atoms with van der Waals surface area (Å²) < 4.78 is 5.76. The Bertz CT molecular complexity index is 318. The van der Waals surface area contributed by atoms with Crippen LogP contribution < -0.4 is 4.74 Å². The van der Waals surface area contributed by atoms with Crippen LogP contribution in [0, 0.1) is 0 Å². The van der Waals surface area contributed by atoms with Gasteiger partial charge in [-0.3, -0.25) is 0 Å². The van der Waals surface area contributed by atoms with E-state index < -0.39 is 0 Å². The summed E-state index contributed by atoms with van der Waals surface area (Å²) in [6.07, 6.45) is 0.386. The van der Waals surface area contributed by atoms with Crippen LogP contribution in [0.15, 0.2) is 24.3 Å². The highest BCUT2D eigenvalue weighted by molar-refractivity contribution is 5.30. The number of aliphatic hydroxyl groups excluding tert-OH is 1. The average Bonchev–Trinajstić information content (AvgIpc) is 2.16. The number of hydrogen-bond donors (Lipinski definition) is 1. The Balaban J connectivity index is 2.63. The molecule has 0 spiro atoms. The fraction of sp³-hybridized carbons (Fsp3) is 0.571. The summed E-state index contributed by atoms with van der Waals surface area (Å²) >= 11 is 0. The second kappa shape index (κ2) is 5.90. The molecule has 0 heterocycles. The molecule has 1 N–H and O–H groups in total. The summed E-state index contributed by atoms with van der Waals surface area (Å²) in [5.41, 5.74) is 1.28. The third-order valence-electron chi connectivity index (χ3n) is 2.54. The Morgan fingerprint density at radius 2 is 1.88 bits per heavy atom. The van der Waals surface area contributed by atoms with Gasteiger partial charge in [0.15, 0.2) is 0 Å². The minimum absolute atomic E-state index is 0.0439. The molecule has 0 aliphatic heterocycles. The monoisotopic (exact) mass is 222 g/mol. The Hall–Kier alpha value is -1.02. The van der Waals surface area contributed by atoms with Gasteiger partial charge in [0, 0.05) is 6.42 Å². The van der Waals surface area contributed by atoms with Gasteiger partial charge < -0.3 is 9.84 Å². The van der Waals surface area contributed by atoms with E-state index in [9.17, 15) is 5.11 Å². The van der Waals surface area contributed by atoms with Gasteiger partial charge in [-0.1, -0.05) is 26.0 Å². The molecule has 16 heavy (non-hydrogen) atoms. The van der Waals surface area contributed by atoms with E-state index in [4.69, 9.17) is 4.74 Å². The summed E-state index contributed by atoms with van der Waals surface area (Å²) in [5, 5.41) is 9.26. The maximum atomic E-state index is 9.26. The summed E-state index contributed by atoms with van der Waals surface area (Å²) in [4.78, 5) is 0. The molecule has 0 aliphatic carbocycles. The van der Waals surface area contributed by atoms with Crippen LogP contribution >= 0.6 is 0 Å². The first-order valence-corrected chi connectivity index (χ1v) is 5.93. The van der Waals surface area contributed by atoms with Gasteiger partial charge in [0.05, 0.1) is 12.2 Å². The maximum Gasteiger partial charge on any atom is 0.119 e. The minimum Gasteiger partial charge on any atom is -0.491 e. The lowest BCUT2D eigenvalue weighted by molar-refractivity contribution is 0.115. The molecule has 0 aromatic heterocycles. The zero-order chi connectivity index (χ0) is 12.1. The highest BCUT2D eigenvalue weighted by Crippen LogP contribution is 2.21. The molecule has 0 radical (unpaired) electrons. The molecule has 0 aliphatic rings. The maximum absolute atomic E-state index is 9.26. The molecule has 2 unspecified atom stereocenters. The van der Waals surface area contributed by atoms with Crippen LogP contribution in [0.4, 0.5) is 0 Å². The predicted molar refractivity (Wildman–Crippen MR) is 66.9 cm³/mol. The lowest BCUT2D eigenvalue weighted by Gasteiger charge is -2.17. The van der Waals surface area contributed by atoms with Crippen molar-refractivity contribution >= 4 is 0 Å². The molecule has 2 heteroatoms. The van der Waals surface area contributed by atoms with Gasteiger partial charge in [-0.15, -0.1) is 0 Å². The van der Waals surface area contributed by atoms with E-state index in [1.807, 2.05) is 19.1 Å². The third-order valence-corrected chi connectivity index (χ3v) is 2.54. The summed E-state index contributed by atoms with van der Waals surface area (Å²) in [7, 11) is 0. The van der Waals surface area contributed by atoms with Gasteiger partial charge in [-0.25, -0.2) is 0 Å². The van der Waals surface area contributed by atoms with Crippen molar-refractivity contribution < 1.29 is 9.84 Å². The second-order valence-corrected chi connectivity index (χ2v) is 4.74. The smallest absolute Gasteiger partial charge is 0.119 e. The van der Waals surface area contributed by atoms with E-state index in [0.29, 0.717) is 12.3 Å². The Morgan fingerprint density at radius 3 is 2.44 bits per heavy atom. The number of hydrogen-bond acceptors (Lipinski definition) is 2. The van der Waals surface area contributed by atoms with E-state index in [0.717, 1.165) is 5.75 Å². The largest absolute Gasteiger partial charge is 0.491 e.